The molecule has 0 bridgehead atoms. The smallest absolute Gasteiger partial charge is 0.310 e. The van der Waals surface area contributed by atoms with Gasteiger partial charge in [0.1, 0.15) is 5.78 Å². The van der Waals surface area contributed by atoms with Crippen LogP contribution in [0.25, 0.3) is 0 Å². The molecule has 4 aliphatic rings. The lowest BCUT2D eigenvalue weighted by Crippen LogP contribution is -2.49. The summed E-state index contributed by atoms with van der Waals surface area (Å²) in [6.07, 6.45) is 13.7. The maximum absolute atomic E-state index is 12.9. The van der Waals surface area contributed by atoms with Crippen LogP contribution in [0.5, 0.6) is 0 Å². The first-order valence-corrected chi connectivity index (χ1v) is 11.7. The first kappa shape index (κ1) is 22.0. The van der Waals surface area contributed by atoms with Crippen molar-refractivity contribution in [3.63, 3.8) is 0 Å². The van der Waals surface area contributed by atoms with Gasteiger partial charge in [0, 0.05) is 17.8 Å². The predicted octanol–water partition coefficient (Wildman–Crippen LogP) is 5.03. The summed E-state index contributed by atoms with van der Waals surface area (Å²) in [4.78, 5) is 35.3. The first-order valence-electron chi connectivity index (χ1n) is 11.7. The Labute approximate surface area is 184 Å². The van der Waals surface area contributed by atoms with Crippen molar-refractivity contribution in [1.82, 2.24) is 0 Å². The van der Waals surface area contributed by atoms with E-state index < -0.39 is 17.9 Å². The molecule has 168 valence electrons. The van der Waals surface area contributed by atoms with Crippen LogP contribution in [0.2, 0.25) is 0 Å². The molecule has 2 saturated carbocycles. The van der Waals surface area contributed by atoms with Crippen LogP contribution in [-0.2, 0) is 14.4 Å². The number of hydrogen-bond donors (Lipinski definition) is 2. The number of Topliss-reactive ketones (excluding diaryl/α,β-unsaturated/α-hetero) is 1. The number of hydrogen-bond acceptors (Lipinski definition) is 3. The standard InChI is InChI=1S/C26H34O5/c1-15(24(30)31)16-10-12-25(2)17(14-16)4-5-18-19-6-7-21(22(27)8-9-23(28)29)26(19,3)13-11-20(18)25/h4,10,12,14-15,18-21H,5-9,11,13H2,1-3H3,(H,28,29)(H,30,31)/t15?,18-,19-,20-,21+,25-,26-/m0/s1. The predicted molar refractivity (Wildman–Crippen MR) is 117 cm³/mol. The van der Waals surface area contributed by atoms with Crippen molar-refractivity contribution < 1.29 is 24.6 Å². The van der Waals surface area contributed by atoms with Crippen LogP contribution < -0.4 is 0 Å². The Morgan fingerprint density at radius 2 is 1.84 bits per heavy atom. The van der Waals surface area contributed by atoms with Crippen LogP contribution in [0.1, 0.15) is 65.7 Å². The largest absolute Gasteiger partial charge is 0.481 e. The lowest BCUT2D eigenvalue weighted by molar-refractivity contribution is -0.140. The number of carboxylic acids is 2. The summed E-state index contributed by atoms with van der Waals surface area (Å²) in [6.45, 7) is 6.30. The SMILES string of the molecule is CC(C(=O)O)C1=CC2=CC[C@H]3[C@@H]4CC[C@H](C(=O)CCC(=O)O)[C@@]4(C)CC[C@@H]3[C@@]2(C)C=C1. The van der Waals surface area contributed by atoms with Crippen molar-refractivity contribution in [2.75, 3.05) is 0 Å². The zero-order valence-corrected chi connectivity index (χ0v) is 18.8. The maximum Gasteiger partial charge on any atom is 0.310 e. The highest BCUT2D eigenvalue weighted by molar-refractivity contribution is 5.85. The summed E-state index contributed by atoms with van der Waals surface area (Å²) in [5.74, 6) is -0.598. The summed E-state index contributed by atoms with van der Waals surface area (Å²) in [5.41, 5.74) is 1.99. The molecular weight excluding hydrogens is 392 g/mol. The van der Waals surface area contributed by atoms with Gasteiger partial charge in [0.05, 0.1) is 12.3 Å². The van der Waals surface area contributed by atoms with Crippen LogP contribution in [0.15, 0.2) is 35.5 Å². The molecule has 0 amide bonds. The molecule has 1 unspecified atom stereocenters. The van der Waals surface area contributed by atoms with Gasteiger partial charge < -0.3 is 10.2 Å². The molecule has 0 aromatic heterocycles. The molecule has 5 nitrogen and oxygen atoms in total. The molecule has 0 radical (unpaired) electrons. The number of fused-ring (bicyclic) bond motifs is 5. The van der Waals surface area contributed by atoms with Crippen molar-refractivity contribution in [3.05, 3.63) is 35.5 Å². The number of carbonyl (C=O) groups excluding carboxylic acids is 1. The zero-order chi connectivity index (χ0) is 22.6. The Kier molecular flexibility index (Phi) is 5.51. The van der Waals surface area contributed by atoms with E-state index in [1.807, 2.05) is 6.08 Å². The van der Waals surface area contributed by atoms with Crippen LogP contribution >= 0.6 is 0 Å². The highest BCUT2D eigenvalue weighted by Crippen LogP contribution is 2.65. The molecule has 2 N–H and O–H groups in total. The summed E-state index contributed by atoms with van der Waals surface area (Å²) < 4.78 is 0. The minimum absolute atomic E-state index is 0.0132. The van der Waals surface area contributed by atoms with E-state index in [2.05, 4.69) is 32.1 Å². The van der Waals surface area contributed by atoms with Gasteiger partial charge in [-0.15, -0.1) is 0 Å². The summed E-state index contributed by atoms with van der Waals surface area (Å²) >= 11 is 0. The number of aliphatic carboxylic acids is 2. The molecule has 0 heterocycles. The van der Waals surface area contributed by atoms with Gasteiger partial charge >= 0.3 is 11.9 Å². The third-order valence-corrected chi connectivity index (χ3v) is 9.23. The molecule has 5 heteroatoms. The monoisotopic (exact) mass is 426 g/mol. The van der Waals surface area contributed by atoms with Gasteiger partial charge in [0.2, 0.25) is 0 Å². The topological polar surface area (TPSA) is 91.7 Å². The van der Waals surface area contributed by atoms with E-state index in [4.69, 9.17) is 5.11 Å². The van der Waals surface area contributed by atoms with E-state index in [-0.39, 0.29) is 35.4 Å². The highest BCUT2D eigenvalue weighted by atomic mass is 16.4. The minimum Gasteiger partial charge on any atom is -0.481 e. The van der Waals surface area contributed by atoms with Gasteiger partial charge in [0.15, 0.2) is 0 Å². The van der Waals surface area contributed by atoms with E-state index in [1.54, 1.807) is 6.92 Å². The molecule has 4 rings (SSSR count). The number of rotatable bonds is 6. The molecular formula is C26H34O5. The Hall–Kier alpha value is -2.17. The van der Waals surface area contributed by atoms with Crippen molar-refractivity contribution in [2.24, 2.45) is 40.4 Å². The van der Waals surface area contributed by atoms with Crippen molar-refractivity contribution in [3.8, 4) is 0 Å². The third-order valence-electron chi connectivity index (χ3n) is 9.23. The molecule has 0 aromatic rings. The summed E-state index contributed by atoms with van der Waals surface area (Å²) in [6, 6.07) is 0. The van der Waals surface area contributed by atoms with E-state index in [0.717, 1.165) is 37.7 Å². The fourth-order valence-corrected chi connectivity index (χ4v) is 7.33. The van der Waals surface area contributed by atoms with Gasteiger partial charge in [-0.1, -0.05) is 38.2 Å². The van der Waals surface area contributed by atoms with Crippen molar-refractivity contribution in [2.45, 2.75) is 65.7 Å². The van der Waals surface area contributed by atoms with E-state index in [9.17, 15) is 19.5 Å². The Morgan fingerprint density at radius 3 is 2.52 bits per heavy atom. The van der Waals surface area contributed by atoms with E-state index in [0.29, 0.717) is 17.8 Å². The Bertz CT molecular complexity index is 895. The second kappa shape index (κ2) is 7.75. The lowest BCUT2D eigenvalue weighted by Gasteiger charge is -2.56. The average molecular weight is 427 g/mol. The Balaban J connectivity index is 1.57. The molecule has 0 spiro atoms. The van der Waals surface area contributed by atoms with Gasteiger partial charge in [-0.05, 0) is 73.3 Å². The average Bonchev–Trinajstić information content (AvgIpc) is 3.08. The third kappa shape index (κ3) is 3.50. The summed E-state index contributed by atoms with van der Waals surface area (Å²) in [7, 11) is 0. The second-order valence-corrected chi connectivity index (χ2v) is 10.6. The van der Waals surface area contributed by atoms with Crippen LogP contribution in [0, 0.1) is 40.4 Å². The van der Waals surface area contributed by atoms with Crippen molar-refractivity contribution in [1.29, 1.82) is 0 Å². The molecule has 2 fully saturated rings. The number of carboxylic acid groups (broad SMARTS) is 2. The quantitative estimate of drug-likeness (QED) is 0.621. The lowest BCUT2D eigenvalue weighted by atomic mass is 9.48. The summed E-state index contributed by atoms with van der Waals surface area (Å²) in [5, 5.41) is 18.4. The van der Waals surface area contributed by atoms with Crippen LogP contribution in [0.3, 0.4) is 0 Å². The minimum atomic E-state index is -0.900. The Morgan fingerprint density at radius 1 is 1.10 bits per heavy atom. The number of carbonyl (C=O) groups is 3. The molecule has 7 atom stereocenters. The number of ketones is 1. The molecule has 0 saturated heterocycles. The van der Waals surface area contributed by atoms with Crippen LogP contribution in [0.4, 0.5) is 0 Å². The molecule has 31 heavy (non-hydrogen) atoms. The first-order chi connectivity index (χ1) is 14.6. The molecule has 0 aliphatic heterocycles. The molecule has 0 aromatic carbocycles. The van der Waals surface area contributed by atoms with Gasteiger partial charge in [-0.25, -0.2) is 0 Å². The molecule has 4 aliphatic carbocycles. The normalized spacial score (nSPS) is 39.5. The van der Waals surface area contributed by atoms with Crippen molar-refractivity contribution >= 4 is 17.7 Å². The fourth-order valence-electron chi connectivity index (χ4n) is 7.33. The highest BCUT2D eigenvalue weighted by Gasteiger charge is 2.58. The van der Waals surface area contributed by atoms with Gasteiger partial charge in [-0.3, -0.25) is 14.4 Å². The fraction of sp³-hybridized carbons (Fsp3) is 0.654. The van der Waals surface area contributed by atoms with Crippen LogP contribution in [-0.4, -0.2) is 27.9 Å². The van der Waals surface area contributed by atoms with Gasteiger partial charge in [0.25, 0.3) is 0 Å². The van der Waals surface area contributed by atoms with E-state index in [1.165, 1.54) is 5.57 Å². The second-order valence-electron chi connectivity index (χ2n) is 10.6. The van der Waals surface area contributed by atoms with Gasteiger partial charge in [-0.2, -0.15) is 0 Å². The maximum atomic E-state index is 12.9. The zero-order valence-electron chi connectivity index (χ0n) is 18.8. The van der Waals surface area contributed by atoms with E-state index >= 15 is 0 Å². The number of allylic oxidation sites excluding steroid dienone is 5.